The molecule has 15 heavy (non-hydrogen) atoms. The first-order valence-corrected chi connectivity index (χ1v) is 5.54. The molecule has 1 aromatic rings. The van der Waals surface area contributed by atoms with Gasteiger partial charge in [-0.1, -0.05) is 26.0 Å². The van der Waals surface area contributed by atoms with Crippen LogP contribution in [0.5, 0.6) is 5.75 Å². The van der Waals surface area contributed by atoms with Crippen LogP contribution in [-0.4, -0.2) is 11.1 Å². The highest BCUT2D eigenvalue weighted by Gasteiger charge is 2.45. The number of phenolic OH excluding ortho intramolecular Hbond substituents is 1. The quantitative estimate of drug-likeness (QED) is 0.795. The molecule has 0 saturated heterocycles. The summed E-state index contributed by atoms with van der Waals surface area (Å²) in [4.78, 5) is 0. The zero-order chi connectivity index (χ0) is 11.1. The predicted molar refractivity (Wildman–Crippen MR) is 61.8 cm³/mol. The lowest BCUT2D eigenvalue weighted by Crippen LogP contribution is -2.24. The molecule has 2 N–H and O–H groups in total. The van der Waals surface area contributed by atoms with Crippen molar-refractivity contribution >= 4 is 0 Å². The number of aromatic hydroxyl groups is 1. The van der Waals surface area contributed by atoms with Gasteiger partial charge in [0.2, 0.25) is 0 Å². The molecule has 1 saturated carbocycles. The molecule has 0 amide bonds. The standard InChI is InChI=1S/C13H19NO/c1-9(14-12-8-13(12,2)3)10-4-6-11(15)7-5-10/h4-7,9,12,14-15H,8H2,1-3H3. The Bertz CT molecular complexity index is 342. The molecule has 1 aliphatic carbocycles. The maximum Gasteiger partial charge on any atom is 0.115 e. The van der Waals surface area contributed by atoms with Crippen LogP contribution in [0.2, 0.25) is 0 Å². The van der Waals surface area contributed by atoms with Crippen molar-refractivity contribution in [2.24, 2.45) is 5.41 Å². The summed E-state index contributed by atoms with van der Waals surface area (Å²) in [6.07, 6.45) is 1.26. The van der Waals surface area contributed by atoms with Crippen LogP contribution >= 0.6 is 0 Å². The average molecular weight is 205 g/mol. The van der Waals surface area contributed by atoms with Gasteiger partial charge in [0.15, 0.2) is 0 Å². The van der Waals surface area contributed by atoms with E-state index in [9.17, 15) is 5.11 Å². The molecule has 0 aliphatic heterocycles. The molecule has 0 aromatic heterocycles. The monoisotopic (exact) mass is 205 g/mol. The molecule has 0 bridgehead atoms. The van der Waals surface area contributed by atoms with Crippen molar-refractivity contribution in [1.82, 2.24) is 5.32 Å². The van der Waals surface area contributed by atoms with E-state index in [0.717, 1.165) is 0 Å². The Morgan fingerprint density at radius 3 is 2.33 bits per heavy atom. The Labute approximate surface area is 91.3 Å². The largest absolute Gasteiger partial charge is 0.508 e. The van der Waals surface area contributed by atoms with Crippen molar-refractivity contribution in [3.8, 4) is 5.75 Å². The van der Waals surface area contributed by atoms with Gasteiger partial charge in [0.1, 0.15) is 5.75 Å². The molecule has 2 atom stereocenters. The van der Waals surface area contributed by atoms with Gasteiger partial charge in [-0.2, -0.15) is 0 Å². The second kappa shape index (κ2) is 3.53. The first-order chi connectivity index (χ1) is 6.99. The third-order valence-corrected chi connectivity index (χ3v) is 3.36. The normalized spacial score (nSPS) is 24.9. The van der Waals surface area contributed by atoms with Gasteiger partial charge >= 0.3 is 0 Å². The average Bonchev–Trinajstić information content (AvgIpc) is 2.74. The second-order valence-electron chi connectivity index (χ2n) is 5.23. The molecule has 1 aromatic carbocycles. The summed E-state index contributed by atoms with van der Waals surface area (Å²) in [6, 6.07) is 8.43. The fraction of sp³-hybridized carbons (Fsp3) is 0.538. The van der Waals surface area contributed by atoms with E-state index in [1.54, 1.807) is 12.1 Å². The van der Waals surface area contributed by atoms with E-state index < -0.39 is 0 Å². The molecular formula is C13H19NO. The smallest absolute Gasteiger partial charge is 0.115 e. The zero-order valence-corrected chi connectivity index (χ0v) is 9.62. The van der Waals surface area contributed by atoms with E-state index in [1.165, 1.54) is 12.0 Å². The SMILES string of the molecule is CC(NC1CC1(C)C)c1ccc(O)cc1. The number of rotatable bonds is 3. The van der Waals surface area contributed by atoms with E-state index in [0.29, 0.717) is 23.2 Å². The van der Waals surface area contributed by atoms with E-state index in [-0.39, 0.29) is 0 Å². The van der Waals surface area contributed by atoms with Gasteiger partial charge in [0.25, 0.3) is 0 Å². The Hall–Kier alpha value is -1.02. The van der Waals surface area contributed by atoms with Crippen molar-refractivity contribution in [3.63, 3.8) is 0 Å². The Morgan fingerprint density at radius 1 is 1.33 bits per heavy atom. The zero-order valence-electron chi connectivity index (χ0n) is 9.62. The molecule has 2 rings (SSSR count). The Morgan fingerprint density at radius 2 is 1.87 bits per heavy atom. The van der Waals surface area contributed by atoms with Gasteiger partial charge in [0.05, 0.1) is 0 Å². The van der Waals surface area contributed by atoms with Crippen LogP contribution in [-0.2, 0) is 0 Å². The lowest BCUT2D eigenvalue weighted by molar-refractivity contribution is 0.472. The minimum atomic E-state index is 0.331. The summed E-state index contributed by atoms with van der Waals surface area (Å²) in [5.74, 6) is 0.331. The minimum Gasteiger partial charge on any atom is -0.508 e. The highest BCUT2D eigenvalue weighted by molar-refractivity contribution is 5.28. The summed E-state index contributed by atoms with van der Waals surface area (Å²) < 4.78 is 0. The van der Waals surface area contributed by atoms with Crippen LogP contribution < -0.4 is 5.32 Å². The van der Waals surface area contributed by atoms with Gasteiger partial charge < -0.3 is 10.4 Å². The Balaban J connectivity index is 1.97. The van der Waals surface area contributed by atoms with E-state index in [1.807, 2.05) is 12.1 Å². The molecule has 2 heteroatoms. The van der Waals surface area contributed by atoms with Crippen molar-refractivity contribution in [2.75, 3.05) is 0 Å². The predicted octanol–water partition coefficient (Wildman–Crippen LogP) is 2.84. The molecule has 0 radical (unpaired) electrons. The van der Waals surface area contributed by atoms with Crippen LogP contribution in [0.3, 0.4) is 0 Å². The van der Waals surface area contributed by atoms with E-state index in [2.05, 4.69) is 26.1 Å². The molecular weight excluding hydrogens is 186 g/mol. The molecule has 2 nitrogen and oxygen atoms in total. The van der Waals surface area contributed by atoms with E-state index in [4.69, 9.17) is 0 Å². The third-order valence-electron chi connectivity index (χ3n) is 3.36. The first-order valence-electron chi connectivity index (χ1n) is 5.54. The fourth-order valence-corrected chi connectivity index (χ4v) is 1.91. The van der Waals surface area contributed by atoms with Gasteiger partial charge in [-0.05, 0) is 36.5 Å². The Kier molecular flexibility index (Phi) is 2.47. The van der Waals surface area contributed by atoms with E-state index >= 15 is 0 Å². The van der Waals surface area contributed by atoms with Crippen molar-refractivity contribution in [2.45, 2.75) is 39.3 Å². The first kappa shape index (κ1) is 10.5. The van der Waals surface area contributed by atoms with Gasteiger partial charge in [-0.3, -0.25) is 0 Å². The maximum absolute atomic E-state index is 9.20. The highest BCUT2D eigenvalue weighted by Crippen LogP contribution is 2.45. The summed E-state index contributed by atoms with van der Waals surface area (Å²) in [6.45, 7) is 6.74. The summed E-state index contributed by atoms with van der Waals surface area (Å²) >= 11 is 0. The summed E-state index contributed by atoms with van der Waals surface area (Å²) in [7, 11) is 0. The number of hydrogen-bond donors (Lipinski definition) is 2. The molecule has 82 valence electrons. The van der Waals surface area contributed by atoms with Crippen LogP contribution in [0.25, 0.3) is 0 Å². The molecule has 0 spiro atoms. The van der Waals surface area contributed by atoms with Crippen LogP contribution in [0, 0.1) is 5.41 Å². The van der Waals surface area contributed by atoms with Crippen molar-refractivity contribution in [1.29, 1.82) is 0 Å². The summed E-state index contributed by atoms with van der Waals surface area (Å²) in [5, 5.41) is 12.8. The molecule has 2 unspecified atom stereocenters. The van der Waals surface area contributed by atoms with Crippen LogP contribution in [0.15, 0.2) is 24.3 Å². The number of nitrogens with one attached hydrogen (secondary N) is 1. The number of hydrogen-bond acceptors (Lipinski definition) is 2. The second-order valence-corrected chi connectivity index (χ2v) is 5.23. The highest BCUT2D eigenvalue weighted by atomic mass is 16.3. The number of phenols is 1. The van der Waals surface area contributed by atoms with Crippen LogP contribution in [0.1, 0.15) is 38.8 Å². The van der Waals surface area contributed by atoms with Gasteiger partial charge in [0, 0.05) is 12.1 Å². The molecule has 1 aliphatic rings. The topological polar surface area (TPSA) is 32.3 Å². The number of benzene rings is 1. The maximum atomic E-state index is 9.20. The van der Waals surface area contributed by atoms with Crippen molar-refractivity contribution in [3.05, 3.63) is 29.8 Å². The van der Waals surface area contributed by atoms with Crippen LogP contribution in [0.4, 0.5) is 0 Å². The molecule has 1 fully saturated rings. The summed E-state index contributed by atoms with van der Waals surface area (Å²) in [5.41, 5.74) is 1.70. The van der Waals surface area contributed by atoms with Gasteiger partial charge in [-0.15, -0.1) is 0 Å². The van der Waals surface area contributed by atoms with Gasteiger partial charge in [-0.25, -0.2) is 0 Å². The van der Waals surface area contributed by atoms with Crippen molar-refractivity contribution < 1.29 is 5.11 Å². The fourth-order valence-electron chi connectivity index (χ4n) is 1.91. The lowest BCUT2D eigenvalue weighted by atomic mass is 10.1. The minimum absolute atomic E-state index is 0.331. The third kappa shape index (κ3) is 2.32. The molecule has 0 heterocycles. The lowest BCUT2D eigenvalue weighted by Gasteiger charge is -2.15.